The van der Waals surface area contributed by atoms with Crippen LogP contribution in [0, 0.1) is 0 Å². The van der Waals surface area contributed by atoms with Gasteiger partial charge in [0, 0.05) is 12.8 Å². The summed E-state index contributed by atoms with van der Waals surface area (Å²) in [6.45, 7) is 3.68. The minimum Gasteiger partial charge on any atom is -0.462 e. The summed E-state index contributed by atoms with van der Waals surface area (Å²) >= 11 is 0. The number of carbonyl (C=O) groups is 2. The second-order valence-corrected chi connectivity index (χ2v) is 14.5. The fourth-order valence-corrected chi connectivity index (χ4v) is 5.96. The van der Waals surface area contributed by atoms with Crippen molar-refractivity contribution in [2.24, 2.45) is 0 Å². The topological polar surface area (TPSA) is 119 Å². The molecular formula is C38H73O8P. The van der Waals surface area contributed by atoms with E-state index in [1.807, 2.05) is 0 Å². The summed E-state index contributed by atoms with van der Waals surface area (Å²) in [7, 11) is -4.75. The fourth-order valence-electron chi connectivity index (χ4n) is 5.60. The van der Waals surface area contributed by atoms with Gasteiger partial charge in [-0.2, -0.15) is 0 Å². The Labute approximate surface area is 288 Å². The largest absolute Gasteiger partial charge is 0.469 e. The van der Waals surface area contributed by atoms with Crippen molar-refractivity contribution in [1.82, 2.24) is 0 Å². The lowest BCUT2D eigenvalue weighted by atomic mass is 10.0. The summed E-state index contributed by atoms with van der Waals surface area (Å²) in [5.41, 5.74) is 0. The average molecular weight is 689 g/mol. The molecule has 0 radical (unpaired) electrons. The van der Waals surface area contributed by atoms with E-state index in [2.05, 4.69) is 30.5 Å². The molecule has 0 bridgehead atoms. The first-order chi connectivity index (χ1) is 22.8. The number of esters is 2. The molecule has 1 atom stereocenters. The summed E-state index contributed by atoms with van der Waals surface area (Å²) in [5.74, 6) is -0.886. The Bertz CT molecular complexity index is 782. The maximum absolute atomic E-state index is 12.3. The predicted octanol–water partition coefficient (Wildman–Crippen LogP) is 11.5. The van der Waals surface area contributed by atoms with Crippen molar-refractivity contribution in [3.8, 4) is 0 Å². The smallest absolute Gasteiger partial charge is 0.462 e. The molecule has 2 N–H and O–H groups in total. The number of carbonyl (C=O) groups excluding carboxylic acids is 2. The van der Waals surface area contributed by atoms with Gasteiger partial charge in [-0.05, 0) is 38.5 Å². The molecule has 47 heavy (non-hydrogen) atoms. The summed E-state index contributed by atoms with van der Waals surface area (Å²) in [5, 5.41) is 0. The van der Waals surface area contributed by atoms with E-state index in [0.29, 0.717) is 6.42 Å². The third-order valence-corrected chi connectivity index (χ3v) is 9.02. The van der Waals surface area contributed by atoms with E-state index < -0.39 is 32.5 Å². The van der Waals surface area contributed by atoms with Gasteiger partial charge in [0.2, 0.25) is 0 Å². The van der Waals surface area contributed by atoms with Gasteiger partial charge < -0.3 is 19.3 Å². The van der Waals surface area contributed by atoms with Gasteiger partial charge in [-0.1, -0.05) is 161 Å². The predicted molar refractivity (Wildman–Crippen MR) is 193 cm³/mol. The number of phosphoric ester groups is 1. The molecule has 0 saturated carbocycles. The second kappa shape index (κ2) is 34.6. The molecule has 8 nitrogen and oxygen atoms in total. The Morgan fingerprint density at radius 2 is 0.894 bits per heavy atom. The average Bonchev–Trinajstić information content (AvgIpc) is 3.03. The van der Waals surface area contributed by atoms with Gasteiger partial charge in [0.15, 0.2) is 6.10 Å². The van der Waals surface area contributed by atoms with E-state index in [-0.39, 0.29) is 19.4 Å². The molecule has 0 aromatic heterocycles. The molecule has 0 heterocycles. The lowest BCUT2D eigenvalue weighted by molar-refractivity contribution is -0.161. The molecule has 0 amide bonds. The Kier molecular flexibility index (Phi) is 33.8. The number of hydrogen-bond donors (Lipinski definition) is 2. The quantitative estimate of drug-likeness (QED) is 0.0289. The van der Waals surface area contributed by atoms with Crippen molar-refractivity contribution in [3.63, 3.8) is 0 Å². The first kappa shape index (κ1) is 45.8. The highest BCUT2D eigenvalue weighted by atomic mass is 31.2. The van der Waals surface area contributed by atoms with Crippen LogP contribution in [0.3, 0.4) is 0 Å². The first-order valence-corrected chi connectivity index (χ1v) is 21.0. The molecule has 0 aromatic rings. The van der Waals surface area contributed by atoms with E-state index in [0.717, 1.165) is 51.4 Å². The Hall–Kier alpha value is -1.21. The lowest BCUT2D eigenvalue weighted by Crippen LogP contribution is -2.29. The van der Waals surface area contributed by atoms with Crippen LogP contribution in [0.4, 0.5) is 0 Å². The Morgan fingerprint density at radius 3 is 1.30 bits per heavy atom. The SMILES string of the molecule is CCCCCCC/C=C\CCCCCCCC(=O)O[C@H](COC(=O)CCCCCCCCCCCCCCCCC)COP(=O)(O)O. The van der Waals surface area contributed by atoms with Crippen LogP contribution in [0.2, 0.25) is 0 Å². The zero-order chi connectivity index (χ0) is 34.7. The van der Waals surface area contributed by atoms with Gasteiger partial charge in [-0.25, -0.2) is 4.57 Å². The Balaban J connectivity index is 3.93. The van der Waals surface area contributed by atoms with Crippen molar-refractivity contribution >= 4 is 19.8 Å². The van der Waals surface area contributed by atoms with Crippen molar-refractivity contribution < 1.29 is 37.9 Å². The number of allylic oxidation sites excluding steroid dienone is 2. The van der Waals surface area contributed by atoms with Gasteiger partial charge in [0.05, 0.1) is 6.61 Å². The lowest BCUT2D eigenvalue weighted by Gasteiger charge is -2.18. The molecule has 0 aliphatic heterocycles. The molecule has 0 rings (SSSR count). The highest BCUT2D eigenvalue weighted by Crippen LogP contribution is 2.36. The maximum Gasteiger partial charge on any atom is 0.469 e. The number of unbranched alkanes of at least 4 members (excludes halogenated alkanes) is 24. The number of phosphoric acid groups is 1. The molecule has 0 aliphatic carbocycles. The summed E-state index contributed by atoms with van der Waals surface area (Å²) < 4.78 is 26.3. The highest BCUT2D eigenvalue weighted by molar-refractivity contribution is 7.46. The van der Waals surface area contributed by atoms with Crippen LogP contribution < -0.4 is 0 Å². The molecule has 0 unspecified atom stereocenters. The molecule has 278 valence electrons. The van der Waals surface area contributed by atoms with E-state index >= 15 is 0 Å². The molecule has 0 fully saturated rings. The van der Waals surface area contributed by atoms with Crippen LogP contribution in [0.5, 0.6) is 0 Å². The van der Waals surface area contributed by atoms with Gasteiger partial charge >= 0.3 is 19.8 Å². The van der Waals surface area contributed by atoms with Crippen LogP contribution in [-0.2, 0) is 28.2 Å². The van der Waals surface area contributed by atoms with Crippen LogP contribution in [-0.4, -0.2) is 41.0 Å². The van der Waals surface area contributed by atoms with E-state index in [1.54, 1.807) is 0 Å². The maximum atomic E-state index is 12.3. The van der Waals surface area contributed by atoms with Gasteiger partial charge in [-0.15, -0.1) is 0 Å². The summed E-state index contributed by atoms with van der Waals surface area (Å²) in [4.78, 5) is 42.7. The molecule has 0 aromatic carbocycles. The third-order valence-electron chi connectivity index (χ3n) is 8.53. The zero-order valence-electron chi connectivity index (χ0n) is 30.4. The minimum absolute atomic E-state index is 0.206. The van der Waals surface area contributed by atoms with Crippen molar-refractivity contribution in [2.45, 2.75) is 206 Å². The van der Waals surface area contributed by atoms with Crippen molar-refractivity contribution in [2.75, 3.05) is 13.2 Å². The standard InChI is InChI=1S/C38H73O8P/c1-3-5-7-9-11-13-15-17-19-21-22-24-26-28-30-32-37(39)44-34-36(35-45-47(41,42)43)46-38(40)33-31-29-27-25-23-20-18-16-14-12-10-8-6-4-2/h16,18,36H,3-15,17,19-35H2,1-2H3,(H2,41,42,43)/b18-16-/t36-/m1/s1. The van der Waals surface area contributed by atoms with Crippen molar-refractivity contribution in [3.05, 3.63) is 12.2 Å². The first-order valence-electron chi connectivity index (χ1n) is 19.5. The monoisotopic (exact) mass is 689 g/mol. The fraction of sp³-hybridized carbons (Fsp3) is 0.895. The van der Waals surface area contributed by atoms with Crippen LogP contribution in [0.25, 0.3) is 0 Å². The zero-order valence-corrected chi connectivity index (χ0v) is 31.3. The Morgan fingerprint density at radius 1 is 0.532 bits per heavy atom. The van der Waals surface area contributed by atoms with Gasteiger partial charge in [0.25, 0.3) is 0 Å². The number of hydrogen-bond acceptors (Lipinski definition) is 6. The molecule has 0 saturated heterocycles. The van der Waals surface area contributed by atoms with Crippen LogP contribution in [0.15, 0.2) is 12.2 Å². The number of ether oxygens (including phenoxy) is 2. The molecule has 0 spiro atoms. The number of rotatable bonds is 36. The third kappa shape index (κ3) is 37.5. The van der Waals surface area contributed by atoms with Crippen LogP contribution in [0.1, 0.15) is 200 Å². The minimum atomic E-state index is -4.75. The van der Waals surface area contributed by atoms with Crippen molar-refractivity contribution in [1.29, 1.82) is 0 Å². The summed E-state index contributed by atoms with van der Waals surface area (Å²) in [6, 6.07) is 0. The molecular weight excluding hydrogens is 615 g/mol. The molecule has 9 heteroatoms. The summed E-state index contributed by atoms with van der Waals surface area (Å²) in [6.07, 6.45) is 36.4. The van der Waals surface area contributed by atoms with E-state index in [9.17, 15) is 14.2 Å². The molecule has 0 aliphatic rings. The van der Waals surface area contributed by atoms with Gasteiger partial charge in [0.1, 0.15) is 6.61 Å². The normalized spacial score (nSPS) is 12.5. The van der Waals surface area contributed by atoms with E-state index in [1.165, 1.54) is 116 Å². The second-order valence-electron chi connectivity index (χ2n) is 13.3. The van der Waals surface area contributed by atoms with E-state index in [4.69, 9.17) is 19.3 Å². The highest BCUT2D eigenvalue weighted by Gasteiger charge is 2.22. The van der Waals surface area contributed by atoms with Crippen LogP contribution >= 0.6 is 7.82 Å². The van der Waals surface area contributed by atoms with Gasteiger partial charge in [-0.3, -0.25) is 14.1 Å².